The van der Waals surface area contributed by atoms with Crippen LogP contribution in [0.3, 0.4) is 0 Å². The van der Waals surface area contributed by atoms with Gasteiger partial charge in [0.2, 0.25) is 0 Å². The zero-order valence-corrected chi connectivity index (χ0v) is 11.2. The molecule has 6 heteroatoms. The molecular weight excluding hydrogens is 258 g/mol. The molecule has 1 amide bonds. The minimum atomic E-state index is -0.954. The van der Waals surface area contributed by atoms with Gasteiger partial charge in [-0.1, -0.05) is 24.3 Å². The standard InChI is InChI=1S/C14H17N3O3/c1-17(8-11(19)9-18)14(20)13-7-6-10-4-2-3-5-12(10)15-16-13/h2-7,11,15,18-19H,8-9H2,1H3. The van der Waals surface area contributed by atoms with Crippen LogP contribution >= 0.6 is 0 Å². The van der Waals surface area contributed by atoms with E-state index in [0.717, 1.165) is 11.3 Å². The van der Waals surface area contributed by atoms with Gasteiger partial charge in [0.25, 0.3) is 5.91 Å². The van der Waals surface area contributed by atoms with Gasteiger partial charge in [0, 0.05) is 13.6 Å². The van der Waals surface area contributed by atoms with Gasteiger partial charge in [0.05, 0.1) is 18.4 Å². The number of amides is 1. The van der Waals surface area contributed by atoms with E-state index in [1.807, 2.05) is 30.3 Å². The van der Waals surface area contributed by atoms with E-state index in [-0.39, 0.29) is 24.8 Å². The molecule has 0 saturated heterocycles. The number of para-hydroxylation sites is 1. The molecule has 1 aromatic carbocycles. The van der Waals surface area contributed by atoms with Crippen molar-refractivity contribution >= 4 is 23.4 Å². The van der Waals surface area contributed by atoms with Gasteiger partial charge < -0.3 is 15.1 Å². The summed E-state index contributed by atoms with van der Waals surface area (Å²) in [6.07, 6.45) is 2.48. The summed E-state index contributed by atoms with van der Waals surface area (Å²) in [4.78, 5) is 13.5. The molecule has 0 spiro atoms. The van der Waals surface area contributed by atoms with Gasteiger partial charge in [0.15, 0.2) is 0 Å². The lowest BCUT2D eigenvalue weighted by Gasteiger charge is -2.19. The number of carbonyl (C=O) groups is 1. The molecule has 1 aliphatic rings. The predicted octanol–water partition coefficient (Wildman–Crippen LogP) is 0.293. The number of likely N-dealkylation sites (N-methyl/N-ethyl adjacent to an activating group) is 1. The summed E-state index contributed by atoms with van der Waals surface area (Å²) in [6.45, 7) is -0.335. The SMILES string of the molecule is CN(CC(O)CO)C(=O)C1=NNc2ccccc2C=C1. The van der Waals surface area contributed by atoms with Crippen molar-refractivity contribution in [2.75, 3.05) is 25.6 Å². The van der Waals surface area contributed by atoms with E-state index in [1.165, 1.54) is 4.90 Å². The lowest BCUT2D eigenvalue weighted by molar-refractivity contribution is -0.124. The van der Waals surface area contributed by atoms with E-state index < -0.39 is 6.10 Å². The fourth-order valence-electron chi connectivity index (χ4n) is 1.84. The van der Waals surface area contributed by atoms with E-state index in [1.54, 1.807) is 13.1 Å². The molecule has 20 heavy (non-hydrogen) atoms. The van der Waals surface area contributed by atoms with E-state index in [2.05, 4.69) is 10.5 Å². The minimum absolute atomic E-state index is 0.0507. The zero-order valence-electron chi connectivity index (χ0n) is 11.2. The summed E-state index contributed by atoms with van der Waals surface area (Å²) in [7, 11) is 1.55. The number of nitrogens with zero attached hydrogens (tertiary/aromatic N) is 2. The normalized spacial score (nSPS) is 14.7. The number of hydrazone groups is 1. The first-order chi connectivity index (χ1) is 9.61. The number of anilines is 1. The van der Waals surface area contributed by atoms with Crippen LogP contribution in [0.5, 0.6) is 0 Å². The van der Waals surface area contributed by atoms with Crippen molar-refractivity contribution < 1.29 is 15.0 Å². The largest absolute Gasteiger partial charge is 0.394 e. The van der Waals surface area contributed by atoms with Crippen molar-refractivity contribution in [2.45, 2.75) is 6.10 Å². The first kappa shape index (κ1) is 14.2. The summed E-state index contributed by atoms with van der Waals surface area (Å²) >= 11 is 0. The lowest BCUT2D eigenvalue weighted by atomic mass is 10.1. The Bertz CT molecular complexity index is 554. The number of aliphatic hydroxyl groups is 2. The molecule has 1 unspecified atom stereocenters. The molecule has 0 radical (unpaired) electrons. The average molecular weight is 275 g/mol. The Morgan fingerprint density at radius 2 is 2.15 bits per heavy atom. The average Bonchev–Trinajstić information content (AvgIpc) is 2.68. The molecule has 0 saturated carbocycles. The molecular formula is C14H17N3O3. The quantitative estimate of drug-likeness (QED) is 0.737. The van der Waals surface area contributed by atoms with Gasteiger partial charge in [-0.25, -0.2) is 0 Å². The summed E-state index contributed by atoms with van der Waals surface area (Å²) < 4.78 is 0. The molecule has 6 nitrogen and oxygen atoms in total. The van der Waals surface area contributed by atoms with Gasteiger partial charge in [-0.15, -0.1) is 0 Å². The molecule has 106 valence electrons. The summed E-state index contributed by atoms with van der Waals surface area (Å²) in [5.41, 5.74) is 4.85. The number of nitrogens with one attached hydrogen (secondary N) is 1. The van der Waals surface area contributed by atoms with Crippen molar-refractivity contribution in [3.8, 4) is 0 Å². The molecule has 0 aromatic heterocycles. The van der Waals surface area contributed by atoms with Crippen LogP contribution in [0.4, 0.5) is 5.69 Å². The molecule has 0 fully saturated rings. The second-order valence-electron chi connectivity index (χ2n) is 4.55. The number of benzene rings is 1. The minimum Gasteiger partial charge on any atom is -0.394 e. The van der Waals surface area contributed by atoms with Crippen LogP contribution in [0, 0.1) is 0 Å². The second kappa shape index (κ2) is 6.31. The Morgan fingerprint density at radius 1 is 1.40 bits per heavy atom. The van der Waals surface area contributed by atoms with Crippen LogP contribution in [-0.4, -0.2) is 53.0 Å². The van der Waals surface area contributed by atoms with Crippen molar-refractivity contribution in [3.05, 3.63) is 35.9 Å². The summed E-state index contributed by atoms with van der Waals surface area (Å²) in [6, 6.07) is 7.57. The van der Waals surface area contributed by atoms with Gasteiger partial charge in [-0.3, -0.25) is 10.2 Å². The zero-order chi connectivity index (χ0) is 14.5. The van der Waals surface area contributed by atoms with Crippen LogP contribution in [0.15, 0.2) is 35.4 Å². The Kier molecular flexibility index (Phi) is 4.49. The monoisotopic (exact) mass is 275 g/mol. The molecule has 1 aromatic rings. The van der Waals surface area contributed by atoms with E-state index >= 15 is 0 Å². The van der Waals surface area contributed by atoms with Crippen LogP contribution in [0.25, 0.3) is 6.08 Å². The highest BCUT2D eigenvalue weighted by molar-refractivity contribution is 6.44. The van der Waals surface area contributed by atoms with E-state index in [4.69, 9.17) is 5.11 Å². The molecule has 3 N–H and O–H groups in total. The first-order valence-corrected chi connectivity index (χ1v) is 6.27. The molecule has 2 rings (SSSR count). The van der Waals surface area contributed by atoms with Crippen molar-refractivity contribution in [1.29, 1.82) is 0 Å². The lowest BCUT2D eigenvalue weighted by Crippen LogP contribution is -2.39. The highest BCUT2D eigenvalue weighted by Crippen LogP contribution is 2.19. The number of carbonyl (C=O) groups excluding carboxylic acids is 1. The summed E-state index contributed by atoms with van der Waals surface area (Å²) in [5, 5.41) is 22.2. The van der Waals surface area contributed by atoms with Gasteiger partial charge in [-0.2, -0.15) is 5.10 Å². The number of rotatable bonds is 4. The number of hydrogen-bond donors (Lipinski definition) is 3. The van der Waals surface area contributed by atoms with Gasteiger partial charge >= 0.3 is 0 Å². The molecule has 0 aliphatic carbocycles. The van der Waals surface area contributed by atoms with Crippen LogP contribution in [0.1, 0.15) is 5.56 Å². The maximum absolute atomic E-state index is 12.2. The Hall–Kier alpha value is -2.18. The maximum Gasteiger partial charge on any atom is 0.274 e. The van der Waals surface area contributed by atoms with Crippen LogP contribution in [-0.2, 0) is 4.79 Å². The number of hydrogen-bond acceptors (Lipinski definition) is 5. The Balaban J connectivity index is 2.11. The Morgan fingerprint density at radius 3 is 2.90 bits per heavy atom. The third-order valence-electron chi connectivity index (χ3n) is 2.94. The fraction of sp³-hybridized carbons (Fsp3) is 0.286. The Labute approximate surface area is 117 Å². The van der Waals surface area contributed by atoms with Gasteiger partial charge in [0.1, 0.15) is 5.71 Å². The van der Waals surface area contributed by atoms with E-state index in [0.29, 0.717) is 0 Å². The third-order valence-corrected chi connectivity index (χ3v) is 2.94. The topological polar surface area (TPSA) is 85.2 Å². The van der Waals surface area contributed by atoms with Crippen LogP contribution in [0.2, 0.25) is 0 Å². The van der Waals surface area contributed by atoms with Crippen molar-refractivity contribution in [3.63, 3.8) is 0 Å². The number of aliphatic hydroxyl groups excluding tert-OH is 2. The van der Waals surface area contributed by atoms with E-state index in [9.17, 15) is 9.90 Å². The highest BCUT2D eigenvalue weighted by atomic mass is 16.3. The maximum atomic E-state index is 12.2. The van der Waals surface area contributed by atoms with Gasteiger partial charge in [-0.05, 0) is 17.7 Å². The van der Waals surface area contributed by atoms with Crippen molar-refractivity contribution in [2.24, 2.45) is 5.10 Å². The molecule has 1 heterocycles. The number of fused-ring (bicyclic) bond motifs is 1. The van der Waals surface area contributed by atoms with Crippen LogP contribution < -0.4 is 5.43 Å². The fourth-order valence-corrected chi connectivity index (χ4v) is 1.84. The second-order valence-corrected chi connectivity index (χ2v) is 4.55. The predicted molar refractivity (Wildman–Crippen MR) is 77.3 cm³/mol. The highest BCUT2D eigenvalue weighted by Gasteiger charge is 2.18. The molecule has 0 bridgehead atoms. The molecule has 1 atom stereocenters. The molecule has 1 aliphatic heterocycles. The van der Waals surface area contributed by atoms with Crippen molar-refractivity contribution in [1.82, 2.24) is 4.90 Å². The smallest absolute Gasteiger partial charge is 0.274 e. The summed E-state index contributed by atoms with van der Waals surface area (Å²) in [5.74, 6) is -0.325. The first-order valence-electron chi connectivity index (χ1n) is 6.27. The third kappa shape index (κ3) is 3.23.